The van der Waals surface area contributed by atoms with E-state index in [9.17, 15) is 19.5 Å². The molecule has 2 fully saturated rings. The number of hydrogen-bond donors (Lipinski definition) is 1. The van der Waals surface area contributed by atoms with Gasteiger partial charge in [-0.1, -0.05) is 19.9 Å². The molecule has 7 nitrogen and oxygen atoms in total. The number of fused-ring (bicyclic) bond motifs is 1. The summed E-state index contributed by atoms with van der Waals surface area (Å²) in [4.78, 5) is 37.1. The van der Waals surface area contributed by atoms with E-state index in [0.717, 1.165) is 19.1 Å². The Kier molecular flexibility index (Phi) is 4.80. The van der Waals surface area contributed by atoms with E-state index in [4.69, 9.17) is 14.2 Å². The molecular weight excluding hydrogens is 352 g/mol. The zero-order valence-corrected chi connectivity index (χ0v) is 16.3. The van der Waals surface area contributed by atoms with E-state index in [1.54, 1.807) is 26.8 Å². The number of aliphatic hydroxyl groups excluding tert-OH is 1. The Morgan fingerprint density at radius 2 is 2.07 bits per heavy atom. The van der Waals surface area contributed by atoms with E-state index in [1.807, 2.05) is 13.8 Å². The Hall–Kier alpha value is -1.99. The van der Waals surface area contributed by atoms with Crippen molar-refractivity contribution in [2.24, 2.45) is 11.3 Å². The van der Waals surface area contributed by atoms with Crippen LogP contribution in [-0.4, -0.2) is 47.4 Å². The maximum Gasteiger partial charge on any atom is 0.340 e. The first-order valence-corrected chi connectivity index (χ1v) is 9.21. The highest BCUT2D eigenvalue weighted by Gasteiger charge is 2.75. The summed E-state index contributed by atoms with van der Waals surface area (Å²) >= 11 is 0. The third-order valence-electron chi connectivity index (χ3n) is 6.68. The first kappa shape index (κ1) is 19.8. The third-order valence-corrected chi connectivity index (χ3v) is 6.68. The van der Waals surface area contributed by atoms with Gasteiger partial charge in [-0.2, -0.15) is 0 Å². The summed E-state index contributed by atoms with van der Waals surface area (Å²) < 4.78 is 16.5. The van der Waals surface area contributed by atoms with Crippen LogP contribution in [0.25, 0.3) is 0 Å². The normalized spacial score (nSPS) is 39.6. The molecule has 3 aliphatic rings. The van der Waals surface area contributed by atoms with Gasteiger partial charge >= 0.3 is 11.9 Å². The molecule has 27 heavy (non-hydrogen) atoms. The van der Waals surface area contributed by atoms with Crippen LogP contribution in [0.5, 0.6) is 0 Å². The molecule has 2 aliphatic heterocycles. The molecule has 1 saturated heterocycles. The van der Waals surface area contributed by atoms with E-state index in [1.165, 1.54) is 0 Å². The Morgan fingerprint density at radius 3 is 2.59 bits per heavy atom. The van der Waals surface area contributed by atoms with E-state index in [-0.39, 0.29) is 23.2 Å². The van der Waals surface area contributed by atoms with Gasteiger partial charge in [0.1, 0.15) is 6.10 Å². The molecule has 2 unspecified atom stereocenters. The fourth-order valence-electron chi connectivity index (χ4n) is 4.39. The second kappa shape index (κ2) is 6.56. The second-order valence-corrected chi connectivity index (χ2v) is 7.89. The Balaban J connectivity index is 2.13. The molecule has 6 atom stereocenters. The Labute approximate surface area is 158 Å². The minimum Gasteiger partial charge on any atom is -0.453 e. The van der Waals surface area contributed by atoms with Crippen molar-refractivity contribution in [3.63, 3.8) is 0 Å². The van der Waals surface area contributed by atoms with Crippen molar-refractivity contribution in [2.75, 3.05) is 0 Å². The highest BCUT2D eigenvalue weighted by atomic mass is 16.6. The summed E-state index contributed by atoms with van der Waals surface area (Å²) in [6.07, 6.45) is 1.15. The lowest BCUT2D eigenvalue weighted by atomic mass is 9.57. The zero-order chi connectivity index (χ0) is 20.1. The molecule has 0 aromatic carbocycles. The fraction of sp³-hybridized carbons (Fsp3) is 0.650. The van der Waals surface area contributed by atoms with Crippen LogP contribution in [0, 0.1) is 11.3 Å². The second-order valence-electron chi connectivity index (χ2n) is 7.89. The number of epoxide rings is 1. The molecule has 7 heteroatoms. The molecule has 1 N–H and O–H groups in total. The molecule has 1 aliphatic carbocycles. The molecular formula is C20H26O7. The average Bonchev–Trinajstić information content (AvgIpc) is 3.33. The first-order chi connectivity index (χ1) is 12.6. The minimum absolute atomic E-state index is 0.0731. The first-order valence-electron chi connectivity index (χ1n) is 9.21. The van der Waals surface area contributed by atoms with Gasteiger partial charge in [0.05, 0.1) is 17.1 Å². The van der Waals surface area contributed by atoms with Crippen molar-refractivity contribution in [1.82, 2.24) is 0 Å². The number of ether oxygens (including phenoxy) is 3. The van der Waals surface area contributed by atoms with Gasteiger partial charge in [0.2, 0.25) is 6.29 Å². The molecule has 1 saturated carbocycles. The third kappa shape index (κ3) is 2.67. The molecule has 0 aromatic rings. The number of hydrogen-bond acceptors (Lipinski definition) is 7. The van der Waals surface area contributed by atoms with Gasteiger partial charge in [0, 0.05) is 11.1 Å². The maximum atomic E-state index is 12.6. The molecule has 148 valence electrons. The quantitative estimate of drug-likeness (QED) is 0.337. The van der Waals surface area contributed by atoms with Crippen molar-refractivity contribution >= 4 is 18.2 Å². The number of allylic oxidation sites excluding steroid dienone is 1. The summed E-state index contributed by atoms with van der Waals surface area (Å²) in [5, 5.41) is 9.97. The number of cyclic esters (lactones) is 1. The van der Waals surface area contributed by atoms with Gasteiger partial charge in [-0.3, -0.25) is 4.79 Å². The van der Waals surface area contributed by atoms with Crippen molar-refractivity contribution in [3.8, 4) is 0 Å². The number of rotatable bonds is 5. The monoisotopic (exact) mass is 378 g/mol. The Bertz CT molecular complexity index is 751. The van der Waals surface area contributed by atoms with Crippen LogP contribution in [0.1, 0.15) is 47.5 Å². The van der Waals surface area contributed by atoms with Gasteiger partial charge < -0.3 is 19.3 Å². The van der Waals surface area contributed by atoms with Crippen molar-refractivity contribution in [3.05, 3.63) is 22.8 Å². The lowest BCUT2D eigenvalue weighted by Crippen LogP contribution is -2.56. The van der Waals surface area contributed by atoms with E-state index < -0.39 is 35.3 Å². The molecule has 0 spiro atoms. The topological polar surface area (TPSA) is 102 Å². The van der Waals surface area contributed by atoms with Crippen molar-refractivity contribution in [2.45, 2.75) is 71.6 Å². The highest BCUT2D eigenvalue weighted by Crippen LogP contribution is 2.63. The summed E-state index contributed by atoms with van der Waals surface area (Å²) in [7, 11) is 0. The molecule has 0 amide bonds. The number of aliphatic hydroxyl groups is 1. The highest BCUT2D eigenvalue weighted by molar-refractivity contribution is 5.95. The summed E-state index contributed by atoms with van der Waals surface area (Å²) in [6, 6.07) is 0. The number of carbonyl (C=O) groups excluding carboxylic acids is 3. The molecule has 0 bridgehead atoms. The number of aldehydes is 1. The van der Waals surface area contributed by atoms with Crippen LogP contribution in [0.15, 0.2) is 22.8 Å². The van der Waals surface area contributed by atoms with Gasteiger partial charge in [0.25, 0.3) is 0 Å². The molecule has 2 heterocycles. The average molecular weight is 378 g/mol. The predicted octanol–water partition coefficient (Wildman–Crippen LogP) is 1.83. The van der Waals surface area contributed by atoms with Crippen LogP contribution in [0.2, 0.25) is 0 Å². The van der Waals surface area contributed by atoms with Gasteiger partial charge in [-0.15, -0.1) is 0 Å². The molecule has 0 radical (unpaired) electrons. The van der Waals surface area contributed by atoms with E-state index >= 15 is 0 Å². The summed E-state index contributed by atoms with van der Waals surface area (Å²) in [5.41, 5.74) is -1.34. The smallest absolute Gasteiger partial charge is 0.340 e. The number of esters is 2. The standard InChI is InChI=1S/C20H26O7/c1-6-10(2)16(22)25-15(14-12(4)17(23)26-18(14)24)19(5)11(3)7-8-13-20(19,9-21)27-13/h6,9,11,13,15,17,23H,7-8H2,1-5H3/b10-6-/t11-,13+,15?,17?,19-,20+/m0/s1. The van der Waals surface area contributed by atoms with E-state index in [0.29, 0.717) is 5.57 Å². The maximum absolute atomic E-state index is 12.6. The lowest BCUT2D eigenvalue weighted by Gasteiger charge is -2.46. The van der Waals surface area contributed by atoms with Crippen molar-refractivity contribution < 1.29 is 33.7 Å². The molecule has 3 rings (SSSR count). The summed E-state index contributed by atoms with van der Waals surface area (Å²) in [6.45, 7) is 8.65. The van der Waals surface area contributed by atoms with E-state index in [2.05, 4.69) is 0 Å². The minimum atomic E-state index is -1.39. The van der Waals surface area contributed by atoms with Crippen LogP contribution in [-0.2, 0) is 28.6 Å². The van der Waals surface area contributed by atoms with Crippen LogP contribution < -0.4 is 0 Å². The number of carbonyl (C=O) groups is 3. The predicted molar refractivity (Wildman–Crippen MR) is 94.3 cm³/mol. The molecule has 0 aromatic heterocycles. The van der Waals surface area contributed by atoms with Crippen molar-refractivity contribution in [1.29, 1.82) is 0 Å². The summed E-state index contributed by atoms with van der Waals surface area (Å²) in [5.74, 6) is -1.40. The van der Waals surface area contributed by atoms with Gasteiger partial charge in [0.15, 0.2) is 11.9 Å². The van der Waals surface area contributed by atoms with Gasteiger partial charge in [-0.25, -0.2) is 9.59 Å². The van der Waals surface area contributed by atoms with Gasteiger partial charge in [-0.05, 0) is 39.5 Å². The van der Waals surface area contributed by atoms with Crippen LogP contribution in [0.4, 0.5) is 0 Å². The van der Waals surface area contributed by atoms with Crippen LogP contribution in [0.3, 0.4) is 0 Å². The van der Waals surface area contributed by atoms with Crippen LogP contribution >= 0.6 is 0 Å². The lowest BCUT2D eigenvalue weighted by molar-refractivity contribution is -0.162. The SMILES string of the molecule is C/C=C(/C)C(=O)OC(C1=C(C)C(O)OC1=O)[C@]1(C)[C@@H](C)CC[C@H]2O[C@]21C=O. The Morgan fingerprint density at radius 1 is 1.41 bits per heavy atom. The fourth-order valence-corrected chi connectivity index (χ4v) is 4.39. The zero-order valence-electron chi connectivity index (χ0n) is 16.3. The largest absolute Gasteiger partial charge is 0.453 e.